The SMILES string of the molecule is COc1ccc(NCc2cn(C)nc2C)cc1OCCO. The first-order chi connectivity index (χ1) is 10.1. The number of hydrogen-bond acceptors (Lipinski definition) is 5. The molecule has 0 aliphatic heterocycles. The molecule has 0 amide bonds. The lowest BCUT2D eigenvalue weighted by Crippen LogP contribution is -2.04. The number of anilines is 1. The molecule has 114 valence electrons. The molecular formula is C15H21N3O3. The standard InChI is InChI=1S/C15H21N3O3/c1-11-12(10-18(2)17-11)9-16-13-4-5-14(20-3)15(8-13)21-7-6-19/h4-5,8,10,16,19H,6-7,9H2,1-3H3. The van der Waals surface area contributed by atoms with Crippen LogP contribution in [0.15, 0.2) is 24.4 Å². The number of nitrogens with zero attached hydrogens (tertiary/aromatic N) is 2. The molecule has 0 saturated carbocycles. The van der Waals surface area contributed by atoms with Gasteiger partial charge in [0.05, 0.1) is 19.4 Å². The molecule has 1 heterocycles. The van der Waals surface area contributed by atoms with Gasteiger partial charge < -0.3 is 19.9 Å². The van der Waals surface area contributed by atoms with E-state index in [4.69, 9.17) is 14.6 Å². The van der Waals surface area contributed by atoms with Crippen LogP contribution in [0, 0.1) is 6.92 Å². The van der Waals surface area contributed by atoms with E-state index in [1.54, 1.807) is 11.8 Å². The molecule has 2 aromatic rings. The molecule has 21 heavy (non-hydrogen) atoms. The van der Waals surface area contributed by atoms with E-state index >= 15 is 0 Å². The summed E-state index contributed by atoms with van der Waals surface area (Å²) in [6, 6.07) is 5.63. The minimum absolute atomic E-state index is 0.0321. The van der Waals surface area contributed by atoms with Gasteiger partial charge in [-0.25, -0.2) is 0 Å². The molecule has 1 aromatic carbocycles. The van der Waals surface area contributed by atoms with Crippen LogP contribution in [-0.4, -0.2) is 35.2 Å². The summed E-state index contributed by atoms with van der Waals surface area (Å²) in [6.45, 7) is 2.88. The summed E-state index contributed by atoms with van der Waals surface area (Å²) in [5, 5.41) is 16.5. The van der Waals surface area contributed by atoms with Crippen molar-refractivity contribution in [1.82, 2.24) is 9.78 Å². The Morgan fingerprint density at radius 3 is 2.76 bits per heavy atom. The van der Waals surface area contributed by atoms with E-state index in [1.807, 2.05) is 38.4 Å². The molecule has 0 aliphatic carbocycles. The van der Waals surface area contributed by atoms with Gasteiger partial charge in [0.1, 0.15) is 6.61 Å². The third-order valence-corrected chi connectivity index (χ3v) is 3.11. The number of aliphatic hydroxyl groups excluding tert-OH is 1. The summed E-state index contributed by atoms with van der Waals surface area (Å²) >= 11 is 0. The lowest BCUT2D eigenvalue weighted by Gasteiger charge is -2.12. The van der Waals surface area contributed by atoms with Crippen LogP contribution < -0.4 is 14.8 Å². The highest BCUT2D eigenvalue weighted by atomic mass is 16.5. The van der Waals surface area contributed by atoms with Crippen molar-refractivity contribution in [2.45, 2.75) is 13.5 Å². The van der Waals surface area contributed by atoms with E-state index in [9.17, 15) is 0 Å². The van der Waals surface area contributed by atoms with Gasteiger partial charge in [-0.2, -0.15) is 5.10 Å². The zero-order chi connectivity index (χ0) is 15.2. The topological polar surface area (TPSA) is 68.5 Å². The monoisotopic (exact) mass is 291 g/mol. The first-order valence-corrected chi connectivity index (χ1v) is 6.78. The van der Waals surface area contributed by atoms with Crippen molar-refractivity contribution in [3.8, 4) is 11.5 Å². The first-order valence-electron chi connectivity index (χ1n) is 6.78. The predicted octanol–water partition coefficient (Wildman–Crippen LogP) is 1.72. The van der Waals surface area contributed by atoms with Gasteiger partial charge >= 0.3 is 0 Å². The number of benzene rings is 1. The molecule has 0 fully saturated rings. The Kier molecular flexibility index (Phi) is 5.05. The zero-order valence-corrected chi connectivity index (χ0v) is 12.6. The van der Waals surface area contributed by atoms with Crippen molar-refractivity contribution in [1.29, 1.82) is 0 Å². The van der Waals surface area contributed by atoms with E-state index in [0.717, 1.165) is 16.9 Å². The number of rotatable bonds is 7. The normalized spacial score (nSPS) is 10.5. The summed E-state index contributed by atoms with van der Waals surface area (Å²) in [6.07, 6.45) is 2.00. The zero-order valence-electron chi connectivity index (χ0n) is 12.6. The number of aliphatic hydroxyl groups is 1. The number of nitrogens with one attached hydrogen (secondary N) is 1. The molecule has 0 atom stereocenters. The number of methoxy groups -OCH3 is 1. The summed E-state index contributed by atoms with van der Waals surface area (Å²) in [7, 11) is 3.50. The molecule has 0 spiro atoms. The van der Waals surface area contributed by atoms with Gasteiger partial charge in [0.2, 0.25) is 0 Å². The Hall–Kier alpha value is -2.21. The summed E-state index contributed by atoms with van der Waals surface area (Å²) in [5.74, 6) is 1.26. The molecular weight excluding hydrogens is 270 g/mol. The van der Waals surface area contributed by atoms with Crippen LogP contribution in [0.4, 0.5) is 5.69 Å². The van der Waals surface area contributed by atoms with Crippen LogP contribution in [0.2, 0.25) is 0 Å². The van der Waals surface area contributed by atoms with Crippen LogP contribution in [-0.2, 0) is 13.6 Å². The fraction of sp³-hybridized carbons (Fsp3) is 0.400. The molecule has 0 radical (unpaired) electrons. The lowest BCUT2D eigenvalue weighted by atomic mass is 10.2. The Labute approximate surface area is 124 Å². The Bertz CT molecular complexity index is 596. The van der Waals surface area contributed by atoms with Gasteiger partial charge in [-0.15, -0.1) is 0 Å². The minimum atomic E-state index is -0.0321. The van der Waals surface area contributed by atoms with E-state index in [2.05, 4.69) is 10.4 Å². The highest BCUT2D eigenvalue weighted by Gasteiger charge is 2.07. The number of aryl methyl sites for hydroxylation is 2. The highest BCUT2D eigenvalue weighted by Crippen LogP contribution is 2.30. The predicted molar refractivity (Wildman–Crippen MR) is 80.8 cm³/mol. The molecule has 0 unspecified atom stereocenters. The van der Waals surface area contributed by atoms with Crippen molar-refractivity contribution in [3.05, 3.63) is 35.7 Å². The molecule has 1 aromatic heterocycles. The Balaban J connectivity index is 2.07. The van der Waals surface area contributed by atoms with E-state index in [-0.39, 0.29) is 13.2 Å². The summed E-state index contributed by atoms with van der Waals surface area (Å²) < 4.78 is 12.5. The molecule has 6 nitrogen and oxygen atoms in total. The fourth-order valence-electron chi connectivity index (χ4n) is 2.07. The van der Waals surface area contributed by atoms with Crippen molar-refractivity contribution < 1.29 is 14.6 Å². The minimum Gasteiger partial charge on any atom is -0.493 e. The van der Waals surface area contributed by atoms with Crippen molar-refractivity contribution in [2.75, 3.05) is 25.6 Å². The third-order valence-electron chi connectivity index (χ3n) is 3.11. The quantitative estimate of drug-likeness (QED) is 0.813. The molecule has 0 aliphatic rings. The molecule has 0 bridgehead atoms. The van der Waals surface area contributed by atoms with Crippen molar-refractivity contribution in [3.63, 3.8) is 0 Å². The van der Waals surface area contributed by atoms with Gasteiger partial charge in [0.25, 0.3) is 0 Å². The van der Waals surface area contributed by atoms with Crippen LogP contribution in [0.3, 0.4) is 0 Å². The summed E-state index contributed by atoms with van der Waals surface area (Å²) in [4.78, 5) is 0. The number of hydrogen-bond donors (Lipinski definition) is 2. The average molecular weight is 291 g/mol. The van der Waals surface area contributed by atoms with E-state index < -0.39 is 0 Å². The fourth-order valence-corrected chi connectivity index (χ4v) is 2.07. The largest absolute Gasteiger partial charge is 0.493 e. The maximum atomic E-state index is 8.85. The van der Waals surface area contributed by atoms with Crippen LogP contribution in [0.25, 0.3) is 0 Å². The van der Waals surface area contributed by atoms with Crippen molar-refractivity contribution >= 4 is 5.69 Å². The average Bonchev–Trinajstić information content (AvgIpc) is 2.81. The van der Waals surface area contributed by atoms with Gasteiger partial charge in [-0.3, -0.25) is 4.68 Å². The van der Waals surface area contributed by atoms with Gasteiger partial charge in [0, 0.05) is 37.1 Å². The van der Waals surface area contributed by atoms with Gasteiger partial charge in [-0.05, 0) is 19.1 Å². The highest BCUT2D eigenvalue weighted by molar-refractivity contribution is 5.55. The lowest BCUT2D eigenvalue weighted by molar-refractivity contribution is 0.196. The number of ether oxygens (including phenoxy) is 2. The molecule has 2 N–H and O–H groups in total. The van der Waals surface area contributed by atoms with Gasteiger partial charge in [-0.1, -0.05) is 0 Å². The van der Waals surface area contributed by atoms with Gasteiger partial charge in [0.15, 0.2) is 11.5 Å². The number of aromatic nitrogens is 2. The van der Waals surface area contributed by atoms with Crippen LogP contribution in [0.5, 0.6) is 11.5 Å². The smallest absolute Gasteiger partial charge is 0.163 e. The third kappa shape index (κ3) is 3.88. The van der Waals surface area contributed by atoms with Crippen molar-refractivity contribution in [2.24, 2.45) is 7.05 Å². The molecule has 0 saturated heterocycles. The first kappa shape index (κ1) is 15.2. The van der Waals surface area contributed by atoms with Crippen LogP contribution in [0.1, 0.15) is 11.3 Å². The van der Waals surface area contributed by atoms with E-state index in [0.29, 0.717) is 18.0 Å². The second-order valence-electron chi connectivity index (χ2n) is 4.70. The Morgan fingerprint density at radius 1 is 1.33 bits per heavy atom. The molecule has 6 heteroatoms. The maximum absolute atomic E-state index is 8.85. The second-order valence-corrected chi connectivity index (χ2v) is 4.70. The summed E-state index contributed by atoms with van der Waals surface area (Å²) in [5.41, 5.74) is 3.08. The Morgan fingerprint density at radius 2 is 2.14 bits per heavy atom. The maximum Gasteiger partial charge on any atom is 0.163 e. The van der Waals surface area contributed by atoms with E-state index in [1.165, 1.54) is 0 Å². The second kappa shape index (κ2) is 6.99. The molecule has 2 rings (SSSR count). The van der Waals surface area contributed by atoms with Crippen LogP contribution >= 0.6 is 0 Å².